The Morgan fingerprint density at radius 2 is 2.00 bits per heavy atom. The lowest BCUT2D eigenvalue weighted by Crippen LogP contribution is -2.42. The van der Waals surface area contributed by atoms with Crippen molar-refractivity contribution in [1.82, 2.24) is 14.5 Å². The van der Waals surface area contributed by atoms with E-state index in [1.54, 1.807) is 30.1 Å². The maximum absolute atomic E-state index is 12.6. The highest BCUT2D eigenvalue weighted by Crippen LogP contribution is 2.28. The minimum Gasteiger partial charge on any atom is -0.370 e. The third-order valence-corrected chi connectivity index (χ3v) is 5.06. The topological polar surface area (TPSA) is 86.3 Å². The van der Waals surface area contributed by atoms with E-state index in [4.69, 9.17) is 15.5 Å². The molecule has 0 bridgehead atoms. The molecule has 1 saturated heterocycles. The number of aromatic nitrogens is 3. The van der Waals surface area contributed by atoms with Crippen LogP contribution in [0.15, 0.2) is 59.7 Å². The number of nitrogens with two attached hydrogens (primary N) is 1. The van der Waals surface area contributed by atoms with Gasteiger partial charge >= 0.3 is 0 Å². The van der Waals surface area contributed by atoms with Gasteiger partial charge in [0.1, 0.15) is 6.10 Å². The Morgan fingerprint density at radius 3 is 2.79 bits per heavy atom. The van der Waals surface area contributed by atoms with Crippen LogP contribution in [0.25, 0.3) is 11.3 Å². The minimum absolute atomic E-state index is 0.0952. The van der Waals surface area contributed by atoms with E-state index >= 15 is 0 Å². The number of hydrogen-bond acceptors (Lipinski definition) is 6. The first-order valence-corrected chi connectivity index (χ1v) is 9.30. The van der Waals surface area contributed by atoms with Crippen molar-refractivity contribution >= 4 is 5.95 Å². The molecule has 0 unspecified atom stereocenters. The monoisotopic (exact) mass is 377 g/mol. The minimum atomic E-state index is -0.116. The van der Waals surface area contributed by atoms with Gasteiger partial charge in [-0.3, -0.25) is 14.3 Å². The third kappa shape index (κ3) is 3.54. The van der Waals surface area contributed by atoms with Crippen LogP contribution in [-0.4, -0.2) is 34.2 Å². The van der Waals surface area contributed by atoms with Crippen molar-refractivity contribution in [1.29, 1.82) is 0 Å². The number of hydrogen-bond donors (Lipinski definition) is 1. The van der Waals surface area contributed by atoms with Crippen LogP contribution in [0.3, 0.4) is 0 Å². The van der Waals surface area contributed by atoms with Crippen LogP contribution in [0.1, 0.15) is 17.2 Å². The van der Waals surface area contributed by atoms with E-state index in [-0.39, 0.29) is 11.7 Å². The van der Waals surface area contributed by atoms with Gasteiger partial charge in [0.15, 0.2) is 0 Å². The molecule has 1 aromatic carbocycles. The van der Waals surface area contributed by atoms with Crippen molar-refractivity contribution in [2.75, 3.05) is 24.6 Å². The summed E-state index contributed by atoms with van der Waals surface area (Å²) in [6.07, 6.45) is 3.28. The van der Waals surface area contributed by atoms with Gasteiger partial charge in [0.25, 0.3) is 5.56 Å². The molecular formula is C21H23N5O2. The van der Waals surface area contributed by atoms with Crippen molar-refractivity contribution in [3.63, 3.8) is 0 Å². The quantitative estimate of drug-likeness (QED) is 0.747. The molecule has 3 heterocycles. The van der Waals surface area contributed by atoms with Crippen LogP contribution in [0.2, 0.25) is 0 Å². The first-order chi connectivity index (χ1) is 13.7. The van der Waals surface area contributed by atoms with Gasteiger partial charge in [-0.05, 0) is 23.3 Å². The molecule has 2 aromatic heterocycles. The molecule has 0 aliphatic carbocycles. The summed E-state index contributed by atoms with van der Waals surface area (Å²) in [6, 6.07) is 13.3. The average Bonchev–Trinajstić information content (AvgIpc) is 2.76. The predicted octanol–water partition coefficient (Wildman–Crippen LogP) is 1.88. The fourth-order valence-electron chi connectivity index (χ4n) is 3.53. The summed E-state index contributed by atoms with van der Waals surface area (Å²) in [6.45, 7) is 2.29. The molecule has 1 aliphatic rings. The molecule has 7 nitrogen and oxygen atoms in total. The molecular weight excluding hydrogens is 354 g/mol. The summed E-state index contributed by atoms with van der Waals surface area (Å²) in [7, 11) is 1.75. The molecule has 1 atom stereocenters. The van der Waals surface area contributed by atoms with E-state index in [0.29, 0.717) is 37.9 Å². The van der Waals surface area contributed by atoms with Gasteiger partial charge in [0.05, 0.1) is 18.8 Å². The van der Waals surface area contributed by atoms with Crippen LogP contribution in [0.4, 0.5) is 5.95 Å². The van der Waals surface area contributed by atoms with Crippen molar-refractivity contribution in [2.24, 2.45) is 12.8 Å². The molecule has 0 radical (unpaired) electrons. The van der Waals surface area contributed by atoms with Crippen LogP contribution < -0.4 is 16.2 Å². The second kappa shape index (κ2) is 7.92. The standard InChI is InChI=1S/C21H23N5O2/c1-25-20(27)12-18(15-6-8-23-9-7-15)24-21(25)26-10-11-28-19(14-26)17-5-3-2-4-16(17)13-22/h2-9,12,19H,10-11,13-14,22H2,1H3/t19-/m1/s1. The lowest BCUT2D eigenvalue weighted by Gasteiger charge is -2.35. The van der Waals surface area contributed by atoms with Gasteiger partial charge in [0.2, 0.25) is 5.95 Å². The van der Waals surface area contributed by atoms with Crippen LogP contribution in [0, 0.1) is 0 Å². The Hall–Kier alpha value is -3.03. The highest BCUT2D eigenvalue weighted by molar-refractivity contribution is 5.59. The van der Waals surface area contributed by atoms with Gasteiger partial charge in [-0.25, -0.2) is 4.98 Å². The van der Waals surface area contributed by atoms with Gasteiger partial charge in [-0.2, -0.15) is 0 Å². The third-order valence-electron chi connectivity index (χ3n) is 5.06. The predicted molar refractivity (Wildman–Crippen MR) is 108 cm³/mol. The molecule has 7 heteroatoms. The highest BCUT2D eigenvalue weighted by Gasteiger charge is 2.26. The summed E-state index contributed by atoms with van der Waals surface area (Å²) >= 11 is 0. The molecule has 28 heavy (non-hydrogen) atoms. The van der Waals surface area contributed by atoms with Gasteiger partial charge < -0.3 is 15.4 Å². The van der Waals surface area contributed by atoms with E-state index in [2.05, 4.69) is 16.0 Å². The smallest absolute Gasteiger partial charge is 0.255 e. The van der Waals surface area contributed by atoms with Crippen molar-refractivity contribution in [2.45, 2.75) is 12.6 Å². The first kappa shape index (κ1) is 18.3. The molecule has 144 valence electrons. The molecule has 4 rings (SSSR count). The normalized spacial score (nSPS) is 16.9. The maximum Gasteiger partial charge on any atom is 0.255 e. The Kier molecular flexibility index (Phi) is 5.18. The number of anilines is 1. The van der Waals surface area contributed by atoms with E-state index in [0.717, 1.165) is 16.7 Å². The summed E-state index contributed by atoms with van der Waals surface area (Å²) in [5, 5.41) is 0. The van der Waals surface area contributed by atoms with Crippen LogP contribution >= 0.6 is 0 Å². The van der Waals surface area contributed by atoms with Crippen molar-refractivity contribution in [3.8, 4) is 11.3 Å². The number of benzene rings is 1. The Balaban J connectivity index is 1.69. The zero-order chi connectivity index (χ0) is 19.5. The van der Waals surface area contributed by atoms with E-state index in [1.807, 2.05) is 30.3 Å². The second-order valence-electron chi connectivity index (χ2n) is 6.78. The summed E-state index contributed by atoms with van der Waals surface area (Å²) < 4.78 is 7.61. The Labute approximate surface area is 163 Å². The molecule has 2 N–H and O–H groups in total. The number of morpholine rings is 1. The molecule has 0 spiro atoms. The maximum atomic E-state index is 12.6. The largest absolute Gasteiger partial charge is 0.370 e. The highest BCUT2D eigenvalue weighted by atomic mass is 16.5. The SMILES string of the molecule is Cn1c(N2CCO[C@@H](c3ccccc3CN)C2)nc(-c2ccncc2)cc1=O. The van der Waals surface area contributed by atoms with Gasteiger partial charge in [-0.15, -0.1) is 0 Å². The molecule has 0 amide bonds. The Morgan fingerprint density at radius 1 is 1.21 bits per heavy atom. The lowest BCUT2D eigenvalue weighted by atomic mass is 10.0. The lowest BCUT2D eigenvalue weighted by molar-refractivity contribution is 0.0384. The van der Waals surface area contributed by atoms with Crippen molar-refractivity contribution < 1.29 is 4.74 Å². The van der Waals surface area contributed by atoms with Crippen molar-refractivity contribution in [3.05, 3.63) is 76.3 Å². The van der Waals surface area contributed by atoms with E-state index in [1.165, 1.54) is 0 Å². The van der Waals surface area contributed by atoms with Gasteiger partial charge in [0, 0.05) is 44.2 Å². The zero-order valence-electron chi connectivity index (χ0n) is 15.8. The molecule has 1 fully saturated rings. The second-order valence-corrected chi connectivity index (χ2v) is 6.78. The van der Waals surface area contributed by atoms with Crippen LogP contribution in [-0.2, 0) is 18.3 Å². The molecule has 0 saturated carbocycles. The summed E-state index contributed by atoms with van der Waals surface area (Å²) in [4.78, 5) is 23.5. The number of ether oxygens (including phenoxy) is 1. The average molecular weight is 377 g/mol. The fraction of sp³-hybridized carbons (Fsp3) is 0.286. The number of pyridine rings is 1. The number of nitrogens with zero attached hydrogens (tertiary/aromatic N) is 4. The van der Waals surface area contributed by atoms with Gasteiger partial charge in [-0.1, -0.05) is 24.3 Å². The number of rotatable bonds is 4. The molecule has 3 aromatic rings. The van der Waals surface area contributed by atoms with E-state index in [9.17, 15) is 4.79 Å². The van der Waals surface area contributed by atoms with E-state index < -0.39 is 0 Å². The fourth-order valence-corrected chi connectivity index (χ4v) is 3.53. The molecule has 1 aliphatic heterocycles. The summed E-state index contributed by atoms with van der Waals surface area (Å²) in [5.74, 6) is 0.637. The van der Waals surface area contributed by atoms with Crippen LogP contribution in [0.5, 0.6) is 0 Å². The zero-order valence-corrected chi connectivity index (χ0v) is 15.8. The first-order valence-electron chi connectivity index (χ1n) is 9.30. The Bertz CT molecular complexity index is 1020. The summed E-state index contributed by atoms with van der Waals surface area (Å²) in [5.41, 5.74) is 9.48.